The minimum absolute atomic E-state index is 0.0915. The number of hydrogen-bond acceptors (Lipinski definition) is 4. The van der Waals surface area contributed by atoms with Gasteiger partial charge in [0.15, 0.2) is 11.6 Å². The zero-order valence-electron chi connectivity index (χ0n) is 15.0. The average Bonchev–Trinajstić information content (AvgIpc) is 2.61. The zero-order valence-corrected chi connectivity index (χ0v) is 15.9. The third kappa shape index (κ3) is 3.98. The van der Waals surface area contributed by atoms with Gasteiger partial charge < -0.3 is 13.6 Å². The van der Waals surface area contributed by atoms with E-state index in [4.69, 9.17) is 4.74 Å². The molecule has 1 aromatic heterocycles. The number of hydrogen-bond donors (Lipinski definition) is 1. The molecular formula is C20H18F2N2O2S. The van der Waals surface area contributed by atoms with Gasteiger partial charge in [-0.2, -0.15) is 0 Å². The number of pyridine rings is 1. The van der Waals surface area contributed by atoms with Crippen LogP contribution in [-0.2, 0) is 7.05 Å². The van der Waals surface area contributed by atoms with E-state index in [1.165, 1.54) is 10.6 Å². The molecule has 0 saturated heterocycles. The maximum atomic E-state index is 14.0. The lowest BCUT2D eigenvalue weighted by Crippen LogP contribution is -2.18. The number of nitrogens with zero attached hydrogens (tertiary/aromatic N) is 2. The Morgan fingerprint density at radius 1 is 1.07 bits per heavy atom. The van der Waals surface area contributed by atoms with Crippen molar-refractivity contribution in [3.05, 3.63) is 76.2 Å². The van der Waals surface area contributed by atoms with Gasteiger partial charge in [-0.1, -0.05) is 12.8 Å². The van der Waals surface area contributed by atoms with E-state index in [9.17, 15) is 13.6 Å². The third-order valence-corrected chi connectivity index (χ3v) is 4.36. The van der Waals surface area contributed by atoms with Gasteiger partial charge in [0.2, 0.25) is 0 Å². The molecule has 0 atom stereocenters. The quantitative estimate of drug-likeness (QED) is 0.657. The number of rotatable bonds is 4. The van der Waals surface area contributed by atoms with E-state index in [1.807, 2.05) is 6.07 Å². The first-order valence-electron chi connectivity index (χ1n) is 8.13. The molecule has 3 aromatic rings. The predicted molar refractivity (Wildman–Crippen MR) is 106 cm³/mol. The fourth-order valence-corrected chi connectivity index (χ4v) is 2.86. The number of halogens is 2. The molecule has 7 heteroatoms. The lowest BCUT2D eigenvalue weighted by atomic mass is 10.0. The molecule has 0 bridgehead atoms. The highest BCUT2D eigenvalue weighted by atomic mass is 32.1. The first kappa shape index (κ1) is 19.0. The molecule has 1 heterocycles. The van der Waals surface area contributed by atoms with Crippen molar-refractivity contribution in [2.45, 2.75) is 6.92 Å². The van der Waals surface area contributed by atoms with E-state index < -0.39 is 11.6 Å². The van der Waals surface area contributed by atoms with Crippen molar-refractivity contribution in [3.63, 3.8) is 0 Å². The zero-order chi connectivity index (χ0) is 19.7. The summed E-state index contributed by atoms with van der Waals surface area (Å²) in [6.07, 6.45) is 1.68. The molecular weight excluding hydrogens is 370 g/mol. The van der Waals surface area contributed by atoms with Crippen molar-refractivity contribution in [1.29, 1.82) is 0 Å². The standard InChI is InChI=1S/C20H18F2N2O2S/c1-12-8-13(11-23(2)20(12)25)16-10-15(24(3)27)5-7-18(16)26-19-6-4-14(21)9-17(19)22/h4-11,27H,1-3H3. The second-order valence-corrected chi connectivity index (χ2v) is 6.81. The maximum Gasteiger partial charge on any atom is 0.253 e. The van der Waals surface area contributed by atoms with E-state index in [-0.39, 0.29) is 11.3 Å². The number of aryl methyl sites for hydroxylation is 2. The van der Waals surface area contributed by atoms with Gasteiger partial charge in [-0.3, -0.25) is 4.79 Å². The van der Waals surface area contributed by atoms with E-state index >= 15 is 0 Å². The van der Waals surface area contributed by atoms with Crippen LogP contribution in [0.4, 0.5) is 14.5 Å². The highest BCUT2D eigenvalue weighted by Gasteiger charge is 2.14. The molecule has 0 amide bonds. The van der Waals surface area contributed by atoms with Crippen LogP contribution in [0.3, 0.4) is 0 Å². The highest BCUT2D eigenvalue weighted by molar-refractivity contribution is 7.81. The summed E-state index contributed by atoms with van der Waals surface area (Å²) >= 11 is 4.30. The Kier molecular flexibility index (Phi) is 5.23. The Bertz CT molecular complexity index is 1040. The third-order valence-electron chi connectivity index (χ3n) is 4.12. The summed E-state index contributed by atoms with van der Waals surface area (Å²) in [7, 11) is 3.43. The maximum absolute atomic E-state index is 14.0. The largest absolute Gasteiger partial charge is 0.454 e. The summed E-state index contributed by atoms with van der Waals surface area (Å²) in [5, 5.41) is 0. The molecule has 0 saturated carbocycles. The Morgan fingerprint density at radius 2 is 1.78 bits per heavy atom. The number of thiol groups is 1. The molecule has 0 aliphatic carbocycles. The van der Waals surface area contributed by atoms with Crippen molar-refractivity contribution in [3.8, 4) is 22.6 Å². The molecule has 140 valence electrons. The monoisotopic (exact) mass is 388 g/mol. The van der Waals surface area contributed by atoms with Gasteiger partial charge in [0.05, 0.1) is 0 Å². The van der Waals surface area contributed by atoms with Crippen LogP contribution in [0, 0.1) is 18.6 Å². The molecule has 0 aliphatic rings. The smallest absolute Gasteiger partial charge is 0.253 e. The minimum Gasteiger partial charge on any atom is -0.454 e. The van der Waals surface area contributed by atoms with Gasteiger partial charge in [-0.05, 0) is 43.3 Å². The fraction of sp³-hybridized carbons (Fsp3) is 0.150. The van der Waals surface area contributed by atoms with Crippen LogP contribution >= 0.6 is 12.8 Å². The molecule has 0 N–H and O–H groups in total. The minimum atomic E-state index is -0.798. The lowest BCUT2D eigenvalue weighted by Gasteiger charge is -2.17. The van der Waals surface area contributed by atoms with Gasteiger partial charge in [-0.15, -0.1) is 0 Å². The van der Waals surface area contributed by atoms with E-state index in [0.717, 1.165) is 23.4 Å². The van der Waals surface area contributed by atoms with Crippen LogP contribution in [0.15, 0.2) is 53.5 Å². The Balaban J connectivity index is 2.15. The average molecular weight is 388 g/mol. The van der Waals surface area contributed by atoms with Crippen LogP contribution in [0.1, 0.15) is 5.56 Å². The van der Waals surface area contributed by atoms with Crippen LogP contribution in [0.25, 0.3) is 11.1 Å². The highest BCUT2D eigenvalue weighted by Crippen LogP contribution is 2.37. The molecule has 27 heavy (non-hydrogen) atoms. The van der Waals surface area contributed by atoms with Crippen molar-refractivity contribution in [2.24, 2.45) is 7.05 Å². The fourth-order valence-electron chi connectivity index (χ4n) is 2.74. The topological polar surface area (TPSA) is 34.5 Å². The molecule has 0 radical (unpaired) electrons. The Morgan fingerprint density at radius 3 is 2.41 bits per heavy atom. The van der Waals surface area contributed by atoms with Gasteiger partial charge in [0.1, 0.15) is 11.6 Å². The van der Waals surface area contributed by atoms with Gasteiger partial charge in [0, 0.05) is 48.7 Å². The van der Waals surface area contributed by atoms with Gasteiger partial charge in [0.25, 0.3) is 5.56 Å². The molecule has 0 aliphatic heterocycles. The number of ether oxygens (including phenoxy) is 1. The van der Waals surface area contributed by atoms with Crippen molar-refractivity contribution in [1.82, 2.24) is 4.57 Å². The Hall–Kier alpha value is -2.80. The van der Waals surface area contributed by atoms with E-state index in [1.54, 1.807) is 49.7 Å². The van der Waals surface area contributed by atoms with Crippen molar-refractivity contribution >= 4 is 18.5 Å². The van der Waals surface area contributed by atoms with E-state index in [0.29, 0.717) is 16.9 Å². The van der Waals surface area contributed by atoms with E-state index in [2.05, 4.69) is 12.8 Å². The van der Waals surface area contributed by atoms with Crippen molar-refractivity contribution < 1.29 is 13.5 Å². The molecule has 2 aromatic carbocycles. The molecule has 0 spiro atoms. The molecule has 0 fully saturated rings. The van der Waals surface area contributed by atoms with Crippen LogP contribution in [-0.4, -0.2) is 11.6 Å². The van der Waals surface area contributed by atoms with Gasteiger partial charge in [-0.25, -0.2) is 8.78 Å². The van der Waals surface area contributed by atoms with Crippen molar-refractivity contribution in [2.75, 3.05) is 11.4 Å². The molecule has 0 unspecified atom stereocenters. The summed E-state index contributed by atoms with van der Waals surface area (Å²) in [6.45, 7) is 1.72. The van der Waals surface area contributed by atoms with Gasteiger partial charge >= 0.3 is 0 Å². The number of anilines is 1. The second-order valence-electron chi connectivity index (χ2n) is 6.21. The summed E-state index contributed by atoms with van der Waals surface area (Å²) < 4.78 is 36.0. The summed E-state index contributed by atoms with van der Waals surface area (Å²) in [5.74, 6) is -1.20. The Labute approximate surface area is 161 Å². The molecule has 3 rings (SSSR count). The normalized spacial score (nSPS) is 10.7. The summed E-state index contributed by atoms with van der Waals surface area (Å²) in [6, 6.07) is 10.1. The first-order chi connectivity index (χ1) is 12.8. The second kappa shape index (κ2) is 7.44. The van der Waals surface area contributed by atoms with Crippen LogP contribution in [0.2, 0.25) is 0 Å². The molecule has 4 nitrogen and oxygen atoms in total. The SMILES string of the molecule is Cc1cc(-c2cc(N(C)S)ccc2Oc2ccc(F)cc2F)cn(C)c1=O. The number of benzene rings is 2. The first-order valence-corrected chi connectivity index (χ1v) is 8.53. The van der Waals surface area contributed by atoms with Crippen LogP contribution < -0.4 is 14.6 Å². The summed E-state index contributed by atoms with van der Waals surface area (Å²) in [4.78, 5) is 12.0. The number of aromatic nitrogens is 1. The summed E-state index contributed by atoms with van der Waals surface area (Å²) in [5.41, 5.74) is 2.62. The predicted octanol–water partition coefficient (Wildman–Crippen LogP) is 4.71. The lowest BCUT2D eigenvalue weighted by molar-refractivity contribution is 0.439. The van der Waals surface area contributed by atoms with Crippen LogP contribution in [0.5, 0.6) is 11.5 Å².